The lowest BCUT2D eigenvalue weighted by molar-refractivity contribution is 0.105. The second-order valence-electron chi connectivity index (χ2n) is 5.47. The molecule has 0 aliphatic rings. The van der Waals surface area contributed by atoms with Crippen LogP contribution in [0, 0.1) is 0 Å². The van der Waals surface area contributed by atoms with E-state index >= 15 is 0 Å². The van der Waals surface area contributed by atoms with E-state index in [1.54, 1.807) is 25.3 Å². The van der Waals surface area contributed by atoms with Gasteiger partial charge in [0.2, 0.25) is 0 Å². The summed E-state index contributed by atoms with van der Waals surface area (Å²) in [6, 6.07) is 16.7. The van der Waals surface area contributed by atoms with Crippen molar-refractivity contribution in [1.82, 2.24) is 0 Å². The van der Waals surface area contributed by atoms with Crippen molar-refractivity contribution in [3.63, 3.8) is 0 Å². The summed E-state index contributed by atoms with van der Waals surface area (Å²) in [5, 5.41) is 2.45. The van der Waals surface area contributed by atoms with E-state index < -0.39 is 0 Å². The van der Waals surface area contributed by atoms with Crippen molar-refractivity contribution >= 4 is 34.8 Å². The molecule has 0 aliphatic carbocycles. The van der Waals surface area contributed by atoms with Crippen molar-refractivity contribution in [3.8, 4) is 11.5 Å². The fourth-order valence-corrected chi connectivity index (χ4v) is 3.24. The molecule has 0 aliphatic heterocycles. The number of hydrogen-bond acceptors (Lipinski definition) is 4. The third-order valence-corrected chi connectivity index (χ3v) is 4.91. The van der Waals surface area contributed by atoms with Gasteiger partial charge in [0.25, 0.3) is 0 Å². The Morgan fingerprint density at radius 3 is 2.69 bits per heavy atom. The standard InChI is InChI=1S/C21H17ClO3S/c1-24-19-11-9-15(8-10-18(23)21-7-4-12-26-21)13-16(19)14-25-20-6-3-2-5-17(20)22/h2-13H,14H2,1H3/b10-8+. The van der Waals surface area contributed by atoms with Crippen LogP contribution in [0.2, 0.25) is 5.02 Å². The predicted octanol–water partition coefficient (Wildman–Crippen LogP) is 5.89. The molecule has 0 radical (unpaired) electrons. The van der Waals surface area contributed by atoms with Crippen LogP contribution in [0.1, 0.15) is 20.8 Å². The van der Waals surface area contributed by atoms with Crippen molar-refractivity contribution in [2.45, 2.75) is 6.61 Å². The number of thiophene rings is 1. The van der Waals surface area contributed by atoms with E-state index in [-0.39, 0.29) is 5.78 Å². The number of ether oxygens (including phenoxy) is 2. The minimum atomic E-state index is -0.00955. The van der Waals surface area contributed by atoms with Crippen molar-refractivity contribution in [1.29, 1.82) is 0 Å². The zero-order chi connectivity index (χ0) is 18.4. The summed E-state index contributed by atoms with van der Waals surface area (Å²) >= 11 is 7.55. The van der Waals surface area contributed by atoms with Gasteiger partial charge in [-0.2, -0.15) is 0 Å². The molecule has 3 nitrogen and oxygen atoms in total. The highest BCUT2D eigenvalue weighted by Gasteiger charge is 2.07. The Hall–Kier alpha value is -2.56. The van der Waals surface area contributed by atoms with Crippen LogP contribution in [-0.2, 0) is 6.61 Å². The normalized spacial score (nSPS) is 10.8. The third kappa shape index (κ3) is 4.54. The molecule has 3 aromatic rings. The van der Waals surface area contributed by atoms with Gasteiger partial charge in [-0.05, 0) is 47.4 Å². The summed E-state index contributed by atoms with van der Waals surface area (Å²) in [4.78, 5) is 12.8. The summed E-state index contributed by atoms with van der Waals surface area (Å²) < 4.78 is 11.2. The van der Waals surface area contributed by atoms with Gasteiger partial charge in [0.05, 0.1) is 17.0 Å². The number of allylic oxidation sites excluding steroid dienone is 1. The maximum atomic E-state index is 12.1. The van der Waals surface area contributed by atoms with Crippen molar-refractivity contribution < 1.29 is 14.3 Å². The topological polar surface area (TPSA) is 35.5 Å². The Bertz CT molecular complexity index is 917. The molecule has 3 rings (SSSR count). The van der Waals surface area contributed by atoms with Crippen LogP contribution >= 0.6 is 22.9 Å². The Balaban J connectivity index is 1.76. The molecule has 2 aromatic carbocycles. The first-order valence-electron chi connectivity index (χ1n) is 7.97. The molecule has 1 heterocycles. The van der Waals surface area contributed by atoms with Crippen LogP contribution in [0.15, 0.2) is 66.1 Å². The highest BCUT2D eigenvalue weighted by Crippen LogP contribution is 2.27. The lowest BCUT2D eigenvalue weighted by Crippen LogP contribution is -1.99. The number of methoxy groups -OCH3 is 1. The minimum Gasteiger partial charge on any atom is -0.496 e. The second-order valence-corrected chi connectivity index (χ2v) is 6.82. The van der Waals surface area contributed by atoms with Crippen LogP contribution in [0.5, 0.6) is 11.5 Å². The number of ketones is 1. The highest BCUT2D eigenvalue weighted by molar-refractivity contribution is 7.12. The van der Waals surface area contributed by atoms with Crippen LogP contribution < -0.4 is 9.47 Å². The average Bonchev–Trinajstić information content (AvgIpc) is 3.20. The molecule has 0 saturated heterocycles. The summed E-state index contributed by atoms with van der Waals surface area (Å²) in [5.41, 5.74) is 1.77. The van der Waals surface area contributed by atoms with E-state index in [2.05, 4.69) is 0 Å². The molecule has 0 fully saturated rings. The van der Waals surface area contributed by atoms with Crippen LogP contribution in [0.3, 0.4) is 0 Å². The Morgan fingerprint density at radius 1 is 1.12 bits per heavy atom. The molecule has 132 valence electrons. The number of carbonyl (C=O) groups is 1. The number of hydrogen-bond donors (Lipinski definition) is 0. The van der Waals surface area contributed by atoms with E-state index in [0.29, 0.717) is 17.4 Å². The van der Waals surface area contributed by atoms with Gasteiger partial charge in [0.15, 0.2) is 5.78 Å². The Morgan fingerprint density at radius 2 is 1.96 bits per heavy atom. The Labute approximate surface area is 161 Å². The number of benzene rings is 2. The molecule has 26 heavy (non-hydrogen) atoms. The summed E-state index contributed by atoms with van der Waals surface area (Å²) in [6.07, 6.45) is 3.37. The van der Waals surface area contributed by atoms with Crippen LogP contribution in [0.4, 0.5) is 0 Å². The molecule has 0 unspecified atom stereocenters. The molecule has 5 heteroatoms. The van der Waals surface area contributed by atoms with Gasteiger partial charge in [-0.3, -0.25) is 4.79 Å². The number of para-hydroxylation sites is 1. The molecule has 0 atom stereocenters. The van der Waals surface area contributed by atoms with Gasteiger partial charge in [0, 0.05) is 5.56 Å². The number of carbonyl (C=O) groups excluding carboxylic acids is 1. The predicted molar refractivity (Wildman–Crippen MR) is 106 cm³/mol. The summed E-state index contributed by atoms with van der Waals surface area (Å²) in [6.45, 7) is 0.313. The lowest BCUT2D eigenvalue weighted by atomic mass is 10.1. The molecule has 0 saturated carbocycles. The van der Waals surface area contributed by atoms with Gasteiger partial charge < -0.3 is 9.47 Å². The molecule has 0 spiro atoms. The first-order valence-corrected chi connectivity index (χ1v) is 9.23. The zero-order valence-electron chi connectivity index (χ0n) is 14.1. The van der Waals surface area contributed by atoms with Crippen LogP contribution in [0.25, 0.3) is 6.08 Å². The second kappa shape index (κ2) is 8.70. The fraction of sp³-hybridized carbons (Fsp3) is 0.0952. The molecular weight excluding hydrogens is 368 g/mol. The third-order valence-electron chi connectivity index (χ3n) is 3.72. The van der Waals surface area contributed by atoms with E-state index in [0.717, 1.165) is 21.8 Å². The average molecular weight is 385 g/mol. The van der Waals surface area contributed by atoms with E-state index in [1.165, 1.54) is 11.3 Å². The highest BCUT2D eigenvalue weighted by atomic mass is 35.5. The van der Waals surface area contributed by atoms with Gasteiger partial charge in [-0.25, -0.2) is 0 Å². The first kappa shape index (κ1) is 18.2. The molecular formula is C21H17ClO3S. The molecule has 0 bridgehead atoms. The van der Waals surface area contributed by atoms with Crippen LogP contribution in [-0.4, -0.2) is 12.9 Å². The lowest BCUT2D eigenvalue weighted by Gasteiger charge is -2.12. The van der Waals surface area contributed by atoms with Gasteiger partial charge in [0.1, 0.15) is 18.1 Å². The van der Waals surface area contributed by atoms with Crippen molar-refractivity contribution in [2.24, 2.45) is 0 Å². The first-order chi connectivity index (χ1) is 12.7. The molecule has 0 amide bonds. The molecule has 1 aromatic heterocycles. The smallest absolute Gasteiger partial charge is 0.195 e. The summed E-state index contributed by atoms with van der Waals surface area (Å²) in [7, 11) is 1.62. The molecule has 0 N–H and O–H groups in total. The van der Waals surface area contributed by atoms with E-state index in [9.17, 15) is 4.79 Å². The monoisotopic (exact) mass is 384 g/mol. The van der Waals surface area contributed by atoms with Gasteiger partial charge in [-0.1, -0.05) is 41.9 Å². The van der Waals surface area contributed by atoms with Gasteiger partial charge >= 0.3 is 0 Å². The van der Waals surface area contributed by atoms with Gasteiger partial charge in [-0.15, -0.1) is 11.3 Å². The SMILES string of the molecule is COc1ccc(/C=C/C(=O)c2cccs2)cc1COc1ccccc1Cl. The van der Waals surface area contributed by atoms with E-state index in [1.807, 2.05) is 53.9 Å². The Kier molecular flexibility index (Phi) is 6.10. The quantitative estimate of drug-likeness (QED) is 0.376. The number of halogens is 1. The van der Waals surface area contributed by atoms with Crippen molar-refractivity contribution in [2.75, 3.05) is 7.11 Å². The number of rotatable bonds is 7. The minimum absolute atomic E-state index is 0.00955. The maximum Gasteiger partial charge on any atom is 0.195 e. The largest absolute Gasteiger partial charge is 0.496 e. The fourth-order valence-electron chi connectivity index (χ4n) is 2.41. The zero-order valence-corrected chi connectivity index (χ0v) is 15.7. The van der Waals surface area contributed by atoms with Crippen molar-refractivity contribution in [3.05, 3.63) is 87.1 Å². The summed E-state index contributed by atoms with van der Waals surface area (Å²) in [5.74, 6) is 1.33. The maximum absolute atomic E-state index is 12.1. The van der Waals surface area contributed by atoms with E-state index in [4.69, 9.17) is 21.1 Å².